The van der Waals surface area contributed by atoms with Crippen molar-refractivity contribution in [3.8, 4) is 5.75 Å². The van der Waals surface area contributed by atoms with Crippen LogP contribution in [0.2, 0.25) is 0 Å². The van der Waals surface area contributed by atoms with Gasteiger partial charge in [0.05, 0.1) is 13.2 Å². The largest absolute Gasteiger partial charge is 0.497 e. The zero-order valence-electron chi connectivity index (χ0n) is 15.6. The topological polar surface area (TPSA) is 32.7 Å². The highest BCUT2D eigenvalue weighted by molar-refractivity contribution is 9.10. The zero-order valence-corrected chi connectivity index (χ0v) is 17.2. The number of hydrogen-bond donors (Lipinski definition) is 1. The van der Waals surface area contributed by atoms with Gasteiger partial charge in [-0.15, -0.1) is 0 Å². The minimum Gasteiger partial charge on any atom is -0.497 e. The summed E-state index contributed by atoms with van der Waals surface area (Å²) in [5.41, 5.74) is 2.32. The van der Waals surface area contributed by atoms with Crippen LogP contribution in [0.3, 0.4) is 0 Å². The molecule has 2 aromatic rings. The lowest BCUT2D eigenvalue weighted by atomic mass is 9.89. The highest BCUT2D eigenvalue weighted by Crippen LogP contribution is 2.30. The Balaban J connectivity index is 1.56. The Morgan fingerprint density at radius 2 is 1.85 bits per heavy atom. The molecule has 1 heterocycles. The minimum atomic E-state index is -0.430. The average Bonchev–Trinajstić information content (AvgIpc) is 2.70. The fourth-order valence-electron chi connectivity index (χ4n) is 3.84. The molecule has 1 aliphatic rings. The molecule has 2 atom stereocenters. The van der Waals surface area contributed by atoms with E-state index in [0.717, 1.165) is 48.1 Å². The SMILES string of the molecule is COc1ccc(Br)c(CC2CCN(C(C)C(O)c3ccccc3)CC2)c1. The second kappa shape index (κ2) is 9.03. The maximum absolute atomic E-state index is 10.7. The Morgan fingerprint density at radius 3 is 2.50 bits per heavy atom. The number of halogens is 1. The minimum absolute atomic E-state index is 0.141. The molecule has 1 fully saturated rings. The number of rotatable bonds is 6. The summed E-state index contributed by atoms with van der Waals surface area (Å²) in [4.78, 5) is 2.43. The van der Waals surface area contributed by atoms with Gasteiger partial charge in [-0.25, -0.2) is 0 Å². The number of likely N-dealkylation sites (tertiary alicyclic amines) is 1. The predicted molar refractivity (Wildman–Crippen MR) is 110 cm³/mol. The quantitative estimate of drug-likeness (QED) is 0.729. The van der Waals surface area contributed by atoms with E-state index in [1.54, 1.807) is 7.11 Å². The van der Waals surface area contributed by atoms with Gasteiger partial charge in [0.2, 0.25) is 0 Å². The smallest absolute Gasteiger partial charge is 0.119 e. The first-order chi connectivity index (χ1) is 12.6. The third-order valence-corrected chi connectivity index (χ3v) is 6.36. The van der Waals surface area contributed by atoms with Gasteiger partial charge in [-0.05, 0) is 74.5 Å². The lowest BCUT2D eigenvalue weighted by Crippen LogP contribution is -2.43. The van der Waals surface area contributed by atoms with Gasteiger partial charge in [0.1, 0.15) is 5.75 Å². The van der Waals surface area contributed by atoms with Crippen LogP contribution in [0.15, 0.2) is 53.0 Å². The Morgan fingerprint density at radius 1 is 1.15 bits per heavy atom. The van der Waals surface area contributed by atoms with Gasteiger partial charge in [-0.1, -0.05) is 46.3 Å². The van der Waals surface area contributed by atoms with Gasteiger partial charge in [-0.2, -0.15) is 0 Å². The van der Waals surface area contributed by atoms with Gasteiger partial charge in [0, 0.05) is 10.5 Å². The molecule has 2 unspecified atom stereocenters. The Kier molecular flexibility index (Phi) is 6.74. The van der Waals surface area contributed by atoms with Crippen molar-refractivity contribution in [2.75, 3.05) is 20.2 Å². The van der Waals surface area contributed by atoms with Crippen LogP contribution in [0.5, 0.6) is 5.75 Å². The predicted octanol–water partition coefficient (Wildman–Crippen LogP) is 4.83. The van der Waals surface area contributed by atoms with E-state index >= 15 is 0 Å². The molecule has 1 N–H and O–H groups in total. The molecule has 0 amide bonds. The lowest BCUT2D eigenvalue weighted by Gasteiger charge is -2.38. The number of hydrogen-bond acceptors (Lipinski definition) is 3. The number of nitrogens with zero attached hydrogens (tertiary/aromatic N) is 1. The number of aliphatic hydroxyl groups is 1. The van der Waals surface area contributed by atoms with E-state index in [1.807, 2.05) is 36.4 Å². The maximum atomic E-state index is 10.7. The fraction of sp³-hybridized carbons (Fsp3) is 0.455. The van der Waals surface area contributed by atoms with Crippen molar-refractivity contribution in [3.63, 3.8) is 0 Å². The first-order valence-electron chi connectivity index (χ1n) is 9.38. The van der Waals surface area contributed by atoms with E-state index in [1.165, 1.54) is 5.56 Å². The number of piperidine rings is 1. The molecule has 0 radical (unpaired) electrons. The first kappa shape index (κ1) is 19.4. The summed E-state index contributed by atoms with van der Waals surface area (Å²) in [6.07, 6.45) is 2.96. The molecule has 0 bridgehead atoms. The lowest BCUT2D eigenvalue weighted by molar-refractivity contribution is 0.0373. The molecule has 0 spiro atoms. The van der Waals surface area contributed by atoms with Crippen molar-refractivity contribution in [1.29, 1.82) is 0 Å². The molecule has 1 aliphatic heterocycles. The standard InChI is InChI=1S/C22H28BrNO2/c1-16(22(25)18-6-4-3-5-7-18)24-12-10-17(11-13-24)14-19-15-20(26-2)8-9-21(19)23/h3-9,15-17,22,25H,10-14H2,1-2H3. The second-order valence-corrected chi connectivity index (χ2v) is 8.09. The Hall–Kier alpha value is -1.36. The monoisotopic (exact) mass is 417 g/mol. The van der Waals surface area contributed by atoms with Crippen LogP contribution in [-0.2, 0) is 6.42 Å². The third-order valence-electron chi connectivity index (χ3n) is 5.58. The van der Waals surface area contributed by atoms with E-state index in [9.17, 15) is 5.11 Å². The van der Waals surface area contributed by atoms with E-state index in [4.69, 9.17) is 4.74 Å². The van der Waals surface area contributed by atoms with Crippen molar-refractivity contribution in [1.82, 2.24) is 4.90 Å². The summed E-state index contributed by atoms with van der Waals surface area (Å²) >= 11 is 3.67. The first-order valence-corrected chi connectivity index (χ1v) is 10.2. The summed E-state index contributed by atoms with van der Waals surface area (Å²) in [6.45, 7) is 4.21. The van der Waals surface area contributed by atoms with E-state index in [0.29, 0.717) is 5.92 Å². The van der Waals surface area contributed by atoms with Crippen LogP contribution < -0.4 is 4.74 Å². The molecule has 26 heavy (non-hydrogen) atoms. The van der Waals surface area contributed by atoms with Crippen LogP contribution in [0.1, 0.15) is 37.0 Å². The summed E-state index contributed by atoms with van der Waals surface area (Å²) in [6, 6.07) is 16.3. The molecule has 1 saturated heterocycles. The van der Waals surface area contributed by atoms with Gasteiger partial charge in [-0.3, -0.25) is 4.90 Å². The maximum Gasteiger partial charge on any atom is 0.119 e. The van der Waals surface area contributed by atoms with Gasteiger partial charge >= 0.3 is 0 Å². The van der Waals surface area contributed by atoms with Gasteiger partial charge in [0.25, 0.3) is 0 Å². The van der Waals surface area contributed by atoms with Crippen LogP contribution in [0.25, 0.3) is 0 Å². The van der Waals surface area contributed by atoms with Crippen LogP contribution in [0, 0.1) is 5.92 Å². The molecule has 3 rings (SSSR count). The summed E-state index contributed by atoms with van der Waals surface area (Å²) in [5, 5.41) is 10.7. The molecule has 0 aliphatic carbocycles. The van der Waals surface area contributed by atoms with E-state index in [-0.39, 0.29) is 6.04 Å². The van der Waals surface area contributed by atoms with E-state index < -0.39 is 6.10 Å². The van der Waals surface area contributed by atoms with Crippen LogP contribution in [0.4, 0.5) is 0 Å². The normalized spacial score (nSPS) is 18.5. The van der Waals surface area contributed by atoms with Crippen molar-refractivity contribution >= 4 is 15.9 Å². The second-order valence-electron chi connectivity index (χ2n) is 7.24. The average molecular weight is 418 g/mol. The number of ether oxygens (including phenoxy) is 1. The summed E-state index contributed by atoms with van der Waals surface area (Å²) < 4.78 is 6.52. The van der Waals surface area contributed by atoms with Crippen molar-refractivity contribution in [2.45, 2.75) is 38.3 Å². The van der Waals surface area contributed by atoms with Crippen LogP contribution >= 0.6 is 15.9 Å². The van der Waals surface area contributed by atoms with Crippen molar-refractivity contribution in [3.05, 3.63) is 64.1 Å². The molecular weight excluding hydrogens is 390 g/mol. The fourth-order valence-corrected chi connectivity index (χ4v) is 4.25. The van der Waals surface area contributed by atoms with Crippen molar-refractivity contribution < 1.29 is 9.84 Å². The molecular formula is C22H28BrNO2. The highest BCUT2D eigenvalue weighted by Gasteiger charge is 2.27. The molecule has 140 valence electrons. The van der Waals surface area contributed by atoms with Crippen LogP contribution in [-0.4, -0.2) is 36.2 Å². The zero-order chi connectivity index (χ0) is 18.5. The third kappa shape index (κ3) is 4.67. The molecule has 2 aromatic carbocycles. The van der Waals surface area contributed by atoms with Crippen molar-refractivity contribution in [2.24, 2.45) is 5.92 Å². The Bertz CT molecular complexity index is 699. The summed E-state index contributed by atoms with van der Waals surface area (Å²) in [5.74, 6) is 1.59. The number of benzene rings is 2. The van der Waals surface area contributed by atoms with Gasteiger partial charge < -0.3 is 9.84 Å². The molecule has 0 aromatic heterocycles. The number of aliphatic hydroxyl groups excluding tert-OH is 1. The van der Waals surface area contributed by atoms with Gasteiger partial charge in [0.15, 0.2) is 0 Å². The highest BCUT2D eigenvalue weighted by atomic mass is 79.9. The molecule has 0 saturated carbocycles. The summed E-state index contributed by atoms with van der Waals surface area (Å²) in [7, 11) is 1.71. The van der Waals surface area contributed by atoms with E-state index in [2.05, 4.69) is 39.9 Å². The molecule has 4 heteroatoms. The number of methoxy groups -OCH3 is 1. The molecule has 3 nitrogen and oxygen atoms in total. The Labute approximate surface area is 165 Å².